The predicted molar refractivity (Wildman–Crippen MR) is 229 cm³/mol. The smallest absolute Gasteiger partial charge is 0.0561 e. The van der Waals surface area contributed by atoms with Crippen molar-refractivity contribution in [3.8, 4) is 0 Å². The fraction of sp³-hybridized carbons (Fsp3) is 0.216. The normalized spacial score (nSPS) is 14.2. The molecule has 0 unspecified atom stereocenters. The van der Waals surface area contributed by atoms with Gasteiger partial charge in [-0.25, -0.2) is 0 Å². The lowest BCUT2D eigenvalue weighted by Gasteiger charge is -2.36. The Balaban J connectivity index is 1.51. The third-order valence-electron chi connectivity index (χ3n) is 11.9. The Morgan fingerprint density at radius 2 is 0.925 bits per heavy atom. The Bertz CT molecular complexity index is 2570. The Kier molecular flexibility index (Phi) is 7.34. The lowest BCUT2D eigenvalue weighted by atomic mass is 9.77. The number of rotatable bonds is 2. The van der Waals surface area contributed by atoms with Gasteiger partial charge in [0.05, 0.1) is 11.4 Å². The molecule has 262 valence electrons. The summed E-state index contributed by atoms with van der Waals surface area (Å²) in [4.78, 5) is 5.06. The minimum atomic E-state index is -0.243. The van der Waals surface area contributed by atoms with Gasteiger partial charge in [-0.3, -0.25) is 0 Å². The van der Waals surface area contributed by atoms with Crippen LogP contribution >= 0.6 is 0 Å². The maximum atomic E-state index is 2.53. The number of benzene rings is 8. The SMILES string of the molecule is Cc1ccc(N2c3cccc(c3)C(C)(C)c3cccc(c3)N(c3ccc(C)cc3C)c3cc2c2ccc4cc(C(C)(C)C)cc5ccc3c2c45)c(C)c1. The largest absolute Gasteiger partial charge is 0.310 e. The van der Waals surface area contributed by atoms with E-state index in [0.717, 1.165) is 11.4 Å². The van der Waals surface area contributed by atoms with Crippen LogP contribution in [0.4, 0.5) is 34.1 Å². The molecule has 1 aliphatic heterocycles. The summed E-state index contributed by atoms with van der Waals surface area (Å²) in [6.45, 7) is 20.5. The molecule has 0 aliphatic carbocycles. The second kappa shape index (κ2) is 11.7. The molecule has 0 radical (unpaired) electrons. The van der Waals surface area contributed by atoms with Crippen molar-refractivity contribution in [2.75, 3.05) is 9.80 Å². The Morgan fingerprint density at radius 1 is 0.453 bits per heavy atom. The molecule has 0 saturated carbocycles. The van der Waals surface area contributed by atoms with Gasteiger partial charge in [0, 0.05) is 44.3 Å². The summed E-state index contributed by atoms with van der Waals surface area (Å²) in [6.07, 6.45) is 0. The van der Waals surface area contributed by atoms with E-state index in [2.05, 4.69) is 200 Å². The van der Waals surface area contributed by atoms with Crippen molar-refractivity contribution in [2.45, 2.75) is 73.1 Å². The Morgan fingerprint density at radius 3 is 1.36 bits per heavy atom. The second-order valence-electron chi connectivity index (χ2n) is 17.0. The molecule has 0 N–H and O–H groups in total. The zero-order chi connectivity index (χ0) is 37.0. The summed E-state index contributed by atoms with van der Waals surface area (Å²) in [5, 5.41) is 7.71. The van der Waals surface area contributed by atoms with Crippen LogP contribution in [0, 0.1) is 27.7 Å². The van der Waals surface area contributed by atoms with Crippen LogP contribution in [0.2, 0.25) is 0 Å². The highest BCUT2D eigenvalue weighted by Crippen LogP contribution is 2.52. The van der Waals surface area contributed by atoms with E-state index in [0.29, 0.717) is 0 Å². The maximum Gasteiger partial charge on any atom is 0.0561 e. The molecular weight excluding hydrogens is 641 g/mol. The third kappa shape index (κ3) is 5.22. The van der Waals surface area contributed by atoms with E-state index in [4.69, 9.17) is 0 Å². The molecule has 0 atom stereocenters. The highest BCUT2D eigenvalue weighted by atomic mass is 15.2. The summed E-state index contributed by atoms with van der Waals surface area (Å²) in [7, 11) is 0. The van der Waals surface area contributed by atoms with Crippen molar-refractivity contribution in [3.63, 3.8) is 0 Å². The maximum absolute atomic E-state index is 2.53. The molecule has 9 rings (SSSR count). The molecule has 8 aromatic carbocycles. The zero-order valence-electron chi connectivity index (χ0n) is 32.5. The van der Waals surface area contributed by atoms with Gasteiger partial charge in [0.15, 0.2) is 0 Å². The van der Waals surface area contributed by atoms with Crippen LogP contribution in [0.5, 0.6) is 0 Å². The van der Waals surface area contributed by atoms with Gasteiger partial charge in [0.1, 0.15) is 0 Å². The number of hydrogen-bond acceptors (Lipinski definition) is 2. The van der Waals surface area contributed by atoms with Gasteiger partial charge in [-0.2, -0.15) is 0 Å². The highest BCUT2D eigenvalue weighted by Gasteiger charge is 2.30. The lowest BCUT2D eigenvalue weighted by molar-refractivity contribution is 0.591. The molecule has 8 aromatic rings. The molecule has 1 aliphatic rings. The Hall–Kier alpha value is -5.60. The molecular formula is C51H48N2. The molecule has 0 spiro atoms. The highest BCUT2D eigenvalue weighted by molar-refractivity contribution is 6.29. The number of fused-ring (bicyclic) bond motifs is 8. The van der Waals surface area contributed by atoms with Gasteiger partial charge < -0.3 is 9.80 Å². The van der Waals surface area contributed by atoms with Crippen LogP contribution in [-0.2, 0) is 10.8 Å². The first-order chi connectivity index (χ1) is 25.3. The molecule has 6 bridgehead atoms. The van der Waals surface area contributed by atoms with Gasteiger partial charge in [0.25, 0.3) is 0 Å². The number of aryl methyl sites for hydroxylation is 4. The van der Waals surface area contributed by atoms with Gasteiger partial charge >= 0.3 is 0 Å². The molecule has 53 heavy (non-hydrogen) atoms. The van der Waals surface area contributed by atoms with Crippen LogP contribution in [0.25, 0.3) is 32.3 Å². The van der Waals surface area contributed by atoms with Gasteiger partial charge in [-0.1, -0.05) is 131 Å². The molecule has 0 fully saturated rings. The van der Waals surface area contributed by atoms with Crippen LogP contribution < -0.4 is 9.80 Å². The minimum Gasteiger partial charge on any atom is -0.310 e. The molecule has 0 amide bonds. The summed E-state index contributed by atoms with van der Waals surface area (Å²) >= 11 is 0. The Labute approximate surface area is 314 Å². The van der Waals surface area contributed by atoms with Crippen molar-refractivity contribution >= 4 is 66.4 Å². The quantitative estimate of drug-likeness (QED) is 0.167. The van der Waals surface area contributed by atoms with Crippen molar-refractivity contribution in [2.24, 2.45) is 0 Å². The number of hydrogen-bond donors (Lipinski definition) is 0. The van der Waals surface area contributed by atoms with E-state index in [9.17, 15) is 0 Å². The number of anilines is 6. The first-order valence-electron chi connectivity index (χ1n) is 19.0. The van der Waals surface area contributed by atoms with Crippen molar-refractivity contribution in [1.82, 2.24) is 0 Å². The van der Waals surface area contributed by atoms with E-state index < -0.39 is 0 Å². The zero-order valence-corrected chi connectivity index (χ0v) is 32.5. The van der Waals surface area contributed by atoms with E-state index >= 15 is 0 Å². The molecule has 0 saturated heterocycles. The van der Waals surface area contributed by atoms with Crippen molar-refractivity contribution < 1.29 is 0 Å². The van der Waals surface area contributed by atoms with Gasteiger partial charge in [-0.15, -0.1) is 0 Å². The average Bonchev–Trinajstić information content (AvgIpc) is 3.12. The molecule has 2 heteroatoms. The topological polar surface area (TPSA) is 6.48 Å². The average molecular weight is 689 g/mol. The fourth-order valence-corrected chi connectivity index (χ4v) is 8.84. The first kappa shape index (κ1) is 33.3. The van der Waals surface area contributed by atoms with Crippen LogP contribution in [-0.4, -0.2) is 0 Å². The van der Waals surface area contributed by atoms with E-state index in [1.807, 2.05) is 0 Å². The van der Waals surface area contributed by atoms with Crippen LogP contribution in [0.3, 0.4) is 0 Å². The first-order valence-corrected chi connectivity index (χ1v) is 19.0. The standard InChI is InChI=1S/C51H48N2/c1-31-16-22-44(33(3)24-31)52-40-14-10-12-37(28-40)51(8,9)38-13-11-15-41(29-38)53(45-23-17-32(2)25-34(45)4)47-30-46(52)42-20-18-35-26-39(50(5,6)7)27-36-19-21-43(47)49(42)48(35)36/h10-30H,1-9H3. The van der Waals surface area contributed by atoms with E-state index in [1.165, 1.54) is 94.0 Å². The van der Waals surface area contributed by atoms with E-state index in [-0.39, 0.29) is 10.8 Å². The van der Waals surface area contributed by atoms with Crippen LogP contribution in [0.15, 0.2) is 127 Å². The van der Waals surface area contributed by atoms with Crippen molar-refractivity contribution in [3.05, 3.63) is 166 Å². The van der Waals surface area contributed by atoms with Gasteiger partial charge in [0.2, 0.25) is 0 Å². The van der Waals surface area contributed by atoms with Crippen LogP contribution in [0.1, 0.15) is 73.6 Å². The number of nitrogens with zero attached hydrogens (tertiary/aromatic N) is 2. The van der Waals surface area contributed by atoms with Gasteiger partial charge in [-0.05, 0) is 120 Å². The van der Waals surface area contributed by atoms with Crippen molar-refractivity contribution in [1.29, 1.82) is 0 Å². The molecule has 0 aromatic heterocycles. The molecule has 2 nitrogen and oxygen atoms in total. The summed E-state index contributed by atoms with van der Waals surface area (Å²) in [5.41, 5.74) is 15.8. The fourth-order valence-electron chi connectivity index (χ4n) is 8.84. The summed E-state index contributed by atoms with van der Waals surface area (Å²) in [6, 6.07) is 49.0. The minimum absolute atomic E-state index is 0.0396. The van der Waals surface area contributed by atoms with E-state index in [1.54, 1.807) is 0 Å². The molecule has 1 heterocycles. The monoisotopic (exact) mass is 688 g/mol. The summed E-state index contributed by atoms with van der Waals surface area (Å²) in [5.74, 6) is 0. The predicted octanol–water partition coefficient (Wildman–Crippen LogP) is 14.7. The third-order valence-corrected chi connectivity index (χ3v) is 11.9. The lowest BCUT2D eigenvalue weighted by Crippen LogP contribution is -2.22. The summed E-state index contributed by atoms with van der Waals surface area (Å²) < 4.78 is 0. The second-order valence-corrected chi connectivity index (χ2v) is 17.0.